The van der Waals surface area contributed by atoms with Gasteiger partial charge in [-0.1, -0.05) is 19.1 Å². The first-order chi connectivity index (χ1) is 10.7. The molecular weight excluding hydrogens is 298 g/mol. The quantitative estimate of drug-likeness (QED) is 0.756. The van der Waals surface area contributed by atoms with Crippen LogP contribution in [-0.4, -0.2) is 25.9 Å². The number of nitrogens with one attached hydrogen (secondary N) is 1. The van der Waals surface area contributed by atoms with Crippen LogP contribution < -0.4 is 5.32 Å². The minimum absolute atomic E-state index is 0.112. The molecule has 114 valence electrons. The third kappa shape index (κ3) is 3.48. The minimum atomic E-state index is -0.120. The molecule has 0 aliphatic heterocycles. The Hall–Kier alpha value is -2.28. The van der Waals surface area contributed by atoms with E-state index >= 15 is 0 Å². The van der Waals surface area contributed by atoms with Crippen LogP contribution in [0.3, 0.4) is 0 Å². The van der Waals surface area contributed by atoms with Crippen molar-refractivity contribution in [1.82, 2.24) is 25.3 Å². The molecule has 0 spiro atoms. The van der Waals surface area contributed by atoms with Crippen molar-refractivity contribution in [2.24, 2.45) is 0 Å². The van der Waals surface area contributed by atoms with Crippen LogP contribution in [0.25, 0.3) is 11.0 Å². The van der Waals surface area contributed by atoms with E-state index in [9.17, 15) is 4.79 Å². The Morgan fingerprint density at radius 1 is 1.27 bits per heavy atom. The zero-order chi connectivity index (χ0) is 15.4. The molecule has 0 atom stereocenters. The molecule has 0 aliphatic rings. The third-order valence-corrected chi connectivity index (χ3v) is 4.10. The van der Waals surface area contributed by atoms with Gasteiger partial charge in [-0.15, -0.1) is 11.3 Å². The highest BCUT2D eigenvalue weighted by Crippen LogP contribution is 2.11. The number of aryl methyl sites for hydroxylation is 1. The number of thiazole rings is 1. The summed E-state index contributed by atoms with van der Waals surface area (Å²) in [7, 11) is 0. The number of hydrogen-bond acceptors (Lipinski definition) is 5. The molecule has 0 saturated heterocycles. The van der Waals surface area contributed by atoms with E-state index in [1.807, 2.05) is 29.6 Å². The lowest BCUT2D eigenvalue weighted by atomic mass is 10.3. The molecule has 0 radical (unpaired) electrons. The largest absolute Gasteiger partial charge is 0.349 e. The molecule has 3 rings (SSSR count). The van der Waals surface area contributed by atoms with Gasteiger partial charge in [0.15, 0.2) is 0 Å². The van der Waals surface area contributed by atoms with Gasteiger partial charge in [-0.25, -0.2) is 4.98 Å². The molecule has 1 amide bonds. The van der Waals surface area contributed by atoms with Crippen molar-refractivity contribution < 1.29 is 4.79 Å². The Bertz CT molecular complexity index is 746. The highest BCUT2D eigenvalue weighted by molar-refractivity contribution is 7.09. The molecule has 7 heteroatoms. The predicted octanol–water partition coefficient (Wildman–Crippen LogP) is 2.16. The lowest BCUT2D eigenvalue weighted by Crippen LogP contribution is -2.28. The summed E-state index contributed by atoms with van der Waals surface area (Å²) in [6.07, 6.45) is 2.07. The smallest absolute Gasteiger partial charge is 0.243 e. The second-order valence-corrected chi connectivity index (χ2v) is 5.92. The first-order valence-corrected chi connectivity index (χ1v) is 8.12. The van der Waals surface area contributed by atoms with Crippen molar-refractivity contribution in [3.8, 4) is 0 Å². The molecular formula is C15H17N5OS. The van der Waals surface area contributed by atoms with Gasteiger partial charge in [0, 0.05) is 5.38 Å². The Morgan fingerprint density at radius 2 is 2.00 bits per heavy atom. The maximum atomic E-state index is 12.0. The molecule has 22 heavy (non-hydrogen) atoms. The average Bonchev–Trinajstić information content (AvgIpc) is 3.11. The van der Waals surface area contributed by atoms with Crippen molar-refractivity contribution >= 4 is 28.3 Å². The van der Waals surface area contributed by atoms with Gasteiger partial charge in [0.1, 0.15) is 17.6 Å². The molecule has 3 aromatic rings. The standard InChI is InChI=1S/C15H17N5OS/c1-2-5-15-17-11(10-22-15)8-16-14(21)9-20-18-12-6-3-4-7-13(12)19-20/h3-4,6-7,10H,2,5,8-9H2,1H3,(H,16,21). The summed E-state index contributed by atoms with van der Waals surface area (Å²) in [6, 6.07) is 7.55. The van der Waals surface area contributed by atoms with Gasteiger partial charge < -0.3 is 5.32 Å². The minimum Gasteiger partial charge on any atom is -0.349 e. The van der Waals surface area contributed by atoms with E-state index in [1.54, 1.807) is 11.3 Å². The number of rotatable bonds is 6. The van der Waals surface area contributed by atoms with Crippen molar-refractivity contribution in [3.05, 3.63) is 40.3 Å². The van der Waals surface area contributed by atoms with Crippen LogP contribution in [0.4, 0.5) is 0 Å². The number of carbonyl (C=O) groups is 1. The molecule has 0 aliphatic carbocycles. The van der Waals surface area contributed by atoms with Crippen LogP contribution >= 0.6 is 11.3 Å². The number of nitrogens with zero attached hydrogens (tertiary/aromatic N) is 4. The van der Waals surface area contributed by atoms with E-state index in [4.69, 9.17) is 0 Å². The summed E-state index contributed by atoms with van der Waals surface area (Å²) < 4.78 is 0. The summed E-state index contributed by atoms with van der Waals surface area (Å²) in [5.41, 5.74) is 2.48. The molecule has 0 bridgehead atoms. The van der Waals surface area contributed by atoms with Crippen LogP contribution in [0.5, 0.6) is 0 Å². The molecule has 2 aromatic heterocycles. The van der Waals surface area contributed by atoms with E-state index in [1.165, 1.54) is 4.80 Å². The zero-order valence-corrected chi connectivity index (χ0v) is 13.1. The fourth-order valence-corrected chi connectivity index (χ4v) is 3.01. The number of benzene rings is 1. The summed E-state index contributed by atoms with van der Waals surface area (Å²) in [5, 5.41) is 14.5. The summed E-state index contributed by atoms with van der Waals surface area (Å²) in [4.78, 5) is 17.9. The van der Waals surface area contributed by atoms with Crippen molar-refractivity contribution in [2.75, 3.05) is 0 Å². The Morgan fingerprint density at radius 3 is 2.68 bits per heavy atom. The van der Waals surface area contributed by atoms with Crippen LogP contribution in [0.1, 0.15) is 24.0 Å². The first kappa shape index (κ1) is 14.6. The van der Waals surface area contributed by atoms with E-state index in [2.05, 4.69) is 27.4 Å². The Labute approximate surface area is 132 Å². The average molecular weight is 315 g/mol. The third-order valence-electron chi connectivity index (χ3n) is 3.14. The molecule has 2 heterocycles. The lowest BCUT2D eigenvalue weighted by molar-refractivity contribution is -0.122. The second-order valence-electron chi connectivity index (χ2n) is 4.98. The monoisotopic (exact) mass is 315 g/mol. The van der Waals surface area contributed by atoms with Gasteiger partial charge in [-0.05, 0) is 25.0 Å². The summed E-state index contributed by atoms with van der Waals surface area (Å²) in [6.45, 7) is 2.68. The topological polar surface area (TPSA) is 72.7 Å². The SMILES string of the molecule is CCCc1nc(CNC(=O)Cn2nc3ccccc3n2)cs1. The second kappa shape index (κ2) is 6.65. The molecule has 0 fully saturated rings. The molecule has 6 nitrogen and oxygen atoms in total. The maximum Gasteiger partial charge on any atom is 0.243 e. The maximum absolute atomic E-state index is 12.0. The number of carbonyl (C=O) groups excluding carboxylic acids is 1. The van der Waals surface area contributed by atoms with Gasteiger partial charge in [0.2, 0.25) is 5.91 Å². The fraction of sp³-hybridized carbons (Fsp3) is 0.333. The van der Waals surface area contributed by atoms with Crippen molar-refractivity contribution in [2.45, 2.75) is 32.9 Å². The number of fused-ring (bicyclic) bond motifs is 1. The lowest BCUT2D eigenvalue weighted by Gasteiger charge is -2.02. The van der Waals surface area contributed by atoms with E-state index in [-0.39, 0.29) is 12.5 Å². The Balaban J connectivity index is 1.55. The van der Waals surface area contributed by atoms with Gasteiger partial charge in [0.05, 0.1) is 17.2 Å². The van der Waals surface area contributed by atoms with Gasteiger partial charge in [0.25, 0.3) is 0 Å². The number of aromatic nitrogens is 4. The van der Waals surface area contributed by atoms with Gasteiger partial charge >= 0.3 is 0 Å². The highest BCUT2D eigenvalue weighted by Gasteiger charge is 2.08. The normalized spacial score (nSPS) is 11.0. The number of hydrogen-bond donors (Lipinski definition) is 1. The van der Waals surface area contributed by atoms with Crippen molar-refractivity contribution in [1.29, 1.82) is 0 Å². The highest BCUT2D eigenvalue weighted by atomic mass is 32.1. The molecule has 0 saturated carbocycles. The van der Waals surface area contributed by atoms with Crippen molar-refractivity contribution in [3.63, 3.8) is 0 Å². The van der Waals surface area contributed by atoms with Crippen LogP contribution in [0.15, 0.2) is 29.6 Å². The fourth-order valence-electron chi connectivity index (χ4n) is 2.11. The van der Waals surface area contributed by atoms with Gasteiger partial charge in [-0.3, -0.25) is 4.79 Å². The molecule has 1 N–H and O–H groups in total. The molecule has 1 aromatic carbocycles. The summed E-state index contributed by atoms with van der Waals surface area (Å²) >= 11 is 1.64. The Kier molecular flexibility index (Phi) is 4.43. The van der Waals surface area contributed by atoms with Crippen LogP contribution in [0, 0.1) is 0 Å². The van der Waals surface area contributed by atoms with E-state index < -0.39 is 0 Å². The van der Waals surface area contributed by atoms with E-state index in [0.717, 1.165) is 34.6 Å². The predicted molar refractivity (Wildman–Crippen MR) is 85.5 cm³/mol. The molecule has 0 unspecified atom stereocenters. The first-order valence-electron chi connectivity index (χ1n) is 7.24. The van der Waals surface area contributed by atoms with Crippen LogP contribution in [-0.2, 0) is 24.3 Å². The van der Waals surface area contributed by atoms with E-state index in [0.29, 0.717) is 6.54 Å². The van der Waals surface area contributed by atoms with Crippen LogP contribution in [0.2, 0.25) is 0 Å². The zero-order valence-electron chi connectivity index (χ0n) is 12.3. The van der Waals surface area contributed by atoms with Gasteiger partial charge in [-0.2, -0.15) is 15.0 Å². The number of amides is 1. The summed E-state index contributed by atoms with van der Waals surface area (Å²) in [5.74, 6) is -0.120.